The number of aliphatic imine (C=N–C) groups is 1. The highest BCUT2D eigenvalue weighted by Crippen LogP contribution is 2.28. The van der Waals surface area contributed by atoms with Gasteiger partial charge in [-0.15, -0.1) is 0 Å². The van der Waals surface area contributed by atoms with Crippen molar-refractivity contribution < 1.29 is 9.59 Å². The zero-order valence-corrected chi connectivity index (χ0v) is 18.4. The molecule has 0 saturated heterocycles. The summed E-state index contributed by atoms with van der Waals surface area (Å²) in [5, 5.41) is 4.44. The first-order valence-electron chi connectivity index (χ1n) is 10.8. The first-order valence-corrected chi connectivity index (χ1v) is 10.8. The summed E-state index contributed by atoms with van der Waals surface area (Å²) in [6, 6.07) is 19.1. The minimum atomic E-state index is -0.768. The maximum Gasteiger partial charge on any atom is 0.241 e. The van der Waals surface area contributed by atoms with Crippen LogP contribution in [0.4, 0.5) is 5.69 Å². The molecule has 8 heteroatoms. The summed E-state index contributed by atoms with van der Waals surface area (Å²) >= 11 is 0. The monoisotopic (exact) mass is 446 g/mol. The highest BCUT2D eigenvalue weighted by molar-refractivity contribution is 6.16. The third-order valence-electron chi connectivity index (χ3n) is 5.37. The second-order valence-electron chi connectivity index (χ2n) is 7.91. The number of nitrogens with two attached hydrogens (primary N) is 4. The van der Waals surface area contributed by atoms with Crippen LogP contribution in [0.15, 0.2) is 71.7 Å². The molecule has 0 aromatic heterocycles. The molecule has 0 heterocycles. The first kappa shape index (κ1) is 23.9. The van der Waals surface area contributed by atoms with E-state index in [2.05, 4.69) is 10.3 Å². The molecule has 33 heavy (non-hydrogen) atoms. The molecule has 0 saturated carbocycles. The topological polar surface area (TPSA) is 163 Å². The predicted molar refractivity (Wildman–Crippen MR) is 133 cm³/mol. The Morgan fingerprint density at radius 3 is 2.30 bits per heavy atom. The average Bonchev–Trinajstić information content (AvgIpc) is 2.81. The predicted octanol–water partition coefficient (Wildman–Crippen LogP) is 1.91. The molecule has 0 bridgehead atoms. The molecule has 0 fully saturated rings. The molecule has 3 aromatic rings. The van der Waals surface area contributed by atoms with Gasteiger partial charge in [0.15, 0.2) is 11.7 Å². The number of nitrogens with one attached hydrogen (secondary N) is 1. The van der Waals surface area contributed by atoms with E-state index < -0.39 is 12.1 Å². The van der Waals surface area contributed by atoms with E-state index in [1.807, 2.05) is 60.7 Å². The van der Waals surface area contributed by atoms with Crippen LogP contribution in [0.2, 0.25) is 0 Å². The van der Waals surface area contributed by atoms with Gasteiger partial charge >= 0.3 is 0 Å². The summed E-state index contributed by atoms with van der Waals surface area (Å²) in [6.07, 6.45) is 1.34. The number of carbonyl (C=O) groups excluding carboxylic acids is 2. The van der Waals surface area contributed by atoms with Crippen molar-refractivity contribution in [3.8, 4) is 0 Å². The normalized spacial score (nSPS) is 12.7. The van der Waals surface area contributed by atoms with Gasteiger partial charge in [-0.1, -0.05) is 60.7 Å². The highest BCUT2D eigenvalue weighted by atomic mass is 16.2. The number of anilines is 1. The third kappa shape index (κ3) is 6.38. The lowest BCUT2D eigenvalue weighted by atomic mass is 9.94. The fraction of sp³-hybridized carbons (Fsp3) is 0.240. The van der Waals surface area contributed by atoms with Crippen molar-refractivity contribution in [2.24, 2.45) is 27.9 Å². The van der Waals surface area contributed by atoms with Crippen LogP contribution in [0.1, 0.15) is 28.8 Å². The number of Topliss-reactive ketones (excluding diaryl/α,β-unsaturated/α-hetero) is 1. The van der Waals surface area contributed by atoms with E-state index in [1.165, 1.54) is 0 Å². The largest absolute Gasteiger partial charge is 0.370 e. The van der Waals surface area contributed by atoms with Gasteiger partial charge in [0.1, 0.15) is 0 Å². The Hall–Kier alpha value is -3.75. The van der Waals surface area contributed by atoms with Crippen molar-refractivity contribution in [2.45, 2.75) is 31.3 Å². The molecule has 8 nitrogen and oxygen atoms in total. The lowest BCUT2D eigenvalue weighted by Crippen LogP contribution is -2.38. The molecule has 0 aliphatic heterocycles. The number of hydrogen-bond donors (Lipinski definition) is 5. The van der Waals surface area contributed by atoms with E-state index in [1.54, 1.807) is 6.07 Å². The van der Waals surface area contributed by atoms with Gasteiger partial charge in [0.25, 0.3) is 0 Å². The summed E-state index contributed by atoms with van der Waals surface area (Å²) in [4.78, 5) is 30.1. The SMILES string of the molecule is NC(N)=NCCC[C@H](N)C(=O)c1c(NC(=O)[C@@H](N)Cc2ccccc2)ccc2ccccc12. The first-order chi connectivity index (χ1) is 15.9. The number of nitrogens with zero attached hydrogens (tertiary/aromatic N) is 1. The van der Waals surface area contributed by atoms with Crippen LogP contribution in [-0.2, 0) is 11.2 Å². The number of carbonyl (C=O) groups is 2. The number of amides is 1. The minimum absolute atomic E-state index is 0.000733. The standard InChI is InChI=1S/C25H30N6O2/c26-19(11-6-14-30-25(28)29)23(32)22-18-10-5-4-9-17(18)12-13-21(22)31-24(33)20(27)15-16-7-2-1-3-8-16/h1-5,7-10,12-13,19-20H,6,11,14-15,26-27H2,(H,31,33)(H4,28,29,30)/t19-,20-/m0/s1. The van der Waals surface area contributed by atoms with Gasteiger partial charge in [0, 0.05) is 6.54 Å². The van der Waals surface area contributed by atoms with E-state index >= 15 is 0 Å². The number of guanidine groups is 1. The molecule has 3 rings (SSSR count). The Balaban J connectivity index is 1.83. The molecule has 2 atom stereocenters. The van der Waals surface area contributed by atoms with E-state index in [9.17, 15) is 9.59 Å². The van der Waals surface area contributed by atoms with Crippen LogP contribution in [-0.4, -0.2) is 36.3 Å². The zero-order valence-electron chi connectivity index (χ0n) is 18.4. The summed E-state index contributed by atoms with van der Waals surface area (Å²) < 4.78 is 0. The Morgan fingerprint density at radius 2 is 1.58 bits per heavy atom. The zero-order chi connectivity index (χ0) is 23.8. The second kappa shape index (κ2) is 11.2. The summed E-state index contributed by atoms with van der Waals surface area (Å²) in [7, 11) is 0. The fourth-order valence-electron chi connectivity index (χ4n) is 3.66. The molecule has 0 spiro atoms. The van der Waals surface area contributed by atoms with Crippen molar-refractivity contribution in [3.63, 3.8) is 0 Å². The molecule has 172 valence electrons. The van der Waals surface area contributed by atoms with Gasteiger partial charge < -0.3 is 28.3 Å². The number of hydrogen-bond acceptors (Lipinski definition) is 5. The molecular formula is C25H30N6O2. The average molecular weight is 447 g/mol. The van der Waals surface area contributed by atoms with E-state index in [4.69, 9.17) is 22.9 Å². The van der Waals surface area contributed by atoms with Crippen LogP contribution < -0.4 is 28.3 Å². The number of ketones is 1. The van der Waals surface area contributed by atoms with Crippen molar-refractivity contribution in [2.75, 3.05) is 11.9 Å². The summed E-state index contributed by atoms with van der Waals surface area (Å²) in [6.45, 7) is 0.386. The number of fused-ring (bicyclic) bond motifs is 1. The maximum absolute atomic E-state index is 13.4. The minimum Gasteiger partial charge on any atom is -0.370 e. The number of rotatable bonds is 10. The molecular weight excluding hydrogens is 416 g/mol. The van der Waals surface area contributed by atoms with E-state index in [0.717, 1.165) is 16.3 Å². The third-order valence-corrected chi connectivity index (χ3v) is 5.37. The Morgan fingerprint density at radius 1 is 0.879 bits per heavy atom. The van der Waals surface area contributed by atoms with E-state index in [0.29, 0.717) is 37.1 Å². The molecule has 0 unspecified atom stereocenters. The molecule has 1 amide bonds. The van der Waals surface area contributed by atoms with Crippen molar-refractivity contribution in [3.05, 3.63) is 77.9 Å². The van der Waals surface area contributed by atoms with Crippen LogP contribution in [0.25, 0.3) is 10.8 Å². The van der Waals surface area contributed by atoms with Crippen LogP contribution >= 0.6 is 0 Å². The highest BCUT2D eigenvalue weighted by Gasteiger charge is 2.23. The van der Waals surface area contributed by atoms with Crippen LogP contribution in [0.5, 0.6) is 0 Å². The smallest absolute Gasteiger partial charge is 0.241 e. The number of benzene rings is 3. The summed E-state index contributed by atoms with van der Waals surface area (Å²) in [5.41, 5.74) is 24.8. The molecule has 9 N–H and O–H groups in total. The van der Waals surface area contributed by atoms with E-state index in [-0.39, 0.29) is 17.6 Å². The molecule has 0 aliphatic carbocycles. The van der Waals surface area contributed by atoms with Crippen molar-refractivity contribution in [1.29, 1.82) is 0 Å². The Bertz CT molecular complexity index is 1140. The summed E-state index contributed by atoms with van der Waals surface area (Å²) in [5.74, 6) is -0.631. The Kier molecular flexibility index (Phi) is 8.12. The van der Waals surface area contributed by atoms with Crippen molar-refractivity contribution in [1.82, 2.24) is 0 Å². The van der Waals surface area contributed by atoms with Crippen molar-refractivity contribution >= 4 is 34.1 Å². The molecule has 0 radical (unpaired) electrons. The van der Waals surface area contributed by atoms with Crippen LogP contribution in [0.3, 0.4) is 0 Å². The maximum atomic E-state index is 13.4. The van der Waals surface area contributed by atoms with Gasteiger partial charge in [0.2, 0.25) is 5.91 Å². The second-order valence-corrected chi connectivity index (χ2v) is 7.91. The molecule has 0 aliphatic rings. The van der Waals surface area contributed by atoms with Gasteiger partial charge in [0.05, 0.1) is 23.3 Å². The van der Waals surface area contributed by atoms with Gasteiger partial charge in [-0.25, -0.2) is 0 Å². The lowest BCUT2D eigenvalue weighted by molar-refractivity contribution is -0.117. The lowest BCUT2D eigenvalue weighted by Gasteiger charge is -2.18. The fourth-order valence-corrected chi connectivity index (χ4v) is 3.66. The van der Waals surface area contributed by atoms with Crippen LogP contribution in [0, 0.1) is 0 Å². The van der Waals surface area contributed by atoms with Gasteiger partial charge in [-0.3, -0.25) is 14.6 Å². The Labute approximate surface area is 193 Å². The van der Waals surface area contributed by atoms with Gasteiger partial charge in [-0.05, 0) is 41.7 Å². The quantitative estimate of drug-likeness (QED) is 0.138. The van der Waals surface area contributed by atoms with Gasteiger partial charge in [-0.2, -0.15) is 0 Å². The molecule has 3 aromatic carbocycles.